The Hall–Kier alpha value is -3.13. The van der Waals surface area contributed by atoms with Crippen molar-refractivity contribution in [1.29, 1.82) is 0 Å². The van der Waals surface area contributed by atoms with Crippen LogP contribution in [0.1, 0.15) is 24.1 Å². The van der Waals surface area contributed by atoms with Gasteiger partial charge in [0.25, 0.3) is 0 Å². The van der Waals surface area contributed by atoms with E-state index >= 15 is 0 Å². The molecule has 0 aromatic heterocycles. The minimum atomic E-state index is -0.620. The van der Waals surface area contributed by atoms with Crippen LogP contribution in [-0.4, -0.2) is 25.1 Å². The zero-order chi connectivity index (χ0) is 23.2. The van der Waals surface area contributed by atoms with E-state index in [4.69, 9.17) is 9.73 Å². The second-order valence-electron chi connectivity index (χ2n) is 8.65. The molecular formula is C30H30N2OP-. The van der Waals surface area contributed by atoms with E-state index in [2.05, 4.69) is 115 Å². The van der Waals surface area contributed by atoms with Crippen LogP contribution in [0.15, 0.2) is 114 Å². The van der Waals surface area contributed by atoms with Crippen LogP contribution < -0.4 is 21.2 Å². The van der Waals surface area contributed by atoms with E-state index in [0.29, 0.717) is 13.2 Å². The topological polar surface area (TPSA) is 33.6 Å². The summed E-state index contributed by atoms with van der Waals surface area (Å²) >= 11 is 0. The molecule has 2 atom stereocenters. The Kier molecular flexibility index (Phi) is 7.24. The molecule has 0 fully saturated rings. The summed E-state index contributed by atoms with van der Waals surface area (Å²) in [7, 11) is -0.620. The predicted molar refractivity (Wildman–Crippen MR) is 144 cm³/mol. The van der Waals surface area contributed by atoms with Crippen molar-refractivity contribution in [3.05, 3.63) is 120 Å². The highest BCUT2D eigenvalue weighted by atomic mass is 31.1. The van der Waals surface area contributed by atoms with Crippen LogP contribution in [0.5, 0.6) is 0 Å². The first kappa shape index (κ1) is 22.7. The van der Waals surface area contributed by atoms with Crippen LogP contribution in [0, 0.1) is 0 Å². The lowest BCUT2D eigenvalue weighted by Crippen LogP contribution is -2.30. The largest absolute Gasteiger partial charge is 0.478 e. The SMILES string of the molecule is C[C@H](NCC1=N[C@@H](Cc2ccccc2)CO1)c1cc[cH-]c1P(c1ccccc1)c1ccccc1. The van der Waals surface area contributed by atoms with Gasteiger partial charge in [0.05, 0.1) is 12.6 Å². The van der Waals surface area contributed by atoms with Crippen molar-refractivity contribution in [2.45, 2.75) is 25.4 Å². The van der Waals surface area contributed by atoms with Crippen LogP contribution >= 0.6 is 7.92 Å². The number of rotatable bonds is 9. The molecule has 1 N–H and O–H groups in total. The molecule has 0 amide bonds. The van der Waals surface area contributed by atoms with E-state index in [0.717, 1.165) is 12.3 Å². The monoisotopic (exact) mass is 465 g/mol. The Morgan fingerprint density at radius 3 is 2.18 bits per heavy atom. The van der Waals surface area contributed by atoms with Gasteiger partial charge in [-0.1, -0.05) is 97.9 Å². The van der Waals surface area contributed by atoms with Gasteiger partial charge in [0.1, 0.15) is 6.61 Å². The van der Waals surface area contributed by atoms with E-state index in [1.54, 1.807) is 0 Å². The average Bonchev–Trinajstić information content (AvgIpc) is 3.55. The normalized spacial score (nSPS) is 16.3. The molecule has 0 saturated heterocycles. The first-order chi connectivity index (χ1) is 16.8. The number of hydrogen-bond donors (Lipinski definition) is 1. The highest BCUT2D eigenvalue weighted by Crippen LogP contribution is 2.36. The summed E-state index contributed by atoms with van der Waals surface area (Å²) in [5.41, 5.74) is 2.65. The fourth-order valence-electron chi connectivity index (χ4n) is 4.48. The maximum absolute atomic E-state index is 5.91. The number of aliphatic imine (C=N–C) groups is 1. The Labute approximate surface area is 203 Å². The van der Waals surface area contributed by atoms with Crippen LogP contribution in [0.3, 0.4) is 0 Å². The lowest BCUT2D eigenvalue weighted by Gasteiger charge is -2.28. The van der Waals surface area contributed by atoms with Gasteiger partial charge in [-0.2, -0.15) is 17.7 Å². The maximum atomic E-state index is 5.91. The van der Waals surface area contributed by atoms with Gasteiger partial charge in [-0.05, 0) is 36.6 Å². The fourth-order valence-corrected chi connectivity index (χ4v) is 7.04. The molecule has 1 aliphatic rings. The molecule has 0 spiro atoms. The molecule has 4 heteroatoms. The van der Waals surface area contributed by atoms with Gasteiger partial charge in [0, 0.05) is 0 Å². The van der Waals surface area contributed by atoms with Crippen LogP contribution in [-0.2, 0) is 11.2 Å². The number of benzene rings is 3. The van der Waals surface area contributed by atoms with Gasteiger partial charge < -0.3 is 10.1 Å². The molecular weight excluding hydrogens is 435 g/mol. The summed E-state index contributed by atoms with van der Waals surface area (Å²) in [6.07, 6.45) is 0.922. The molecule has 3 nitrogen and oxygen atoms in total. The molecule has 0 unspecified atom stereocenters. The molecule has 4 aromatic rings. The molecule has 0 saturated carbocycles. The van der Waals surface area contributed by atoms with Crippen molar-refractivity contribution >= 4 is 29.7 Å². The van der Waals surface area contributed by atoms with Crippen molar-refractivity contribution in [3.63, 3.8) is 0 Å². The molecule has 34 heavy (non-hydrogen) atoms. The zero-order valence-electron chi connectivity index (χ0n) is 19.5. The molecule has 0 bridgehead atoms. The van der Waals surface area contributed by atoms with E-state index < -0.39 is 7.92 Å². The molecule has 4 aromatic carbocycles. The minimum Gasteiger partial charge on any atom is -0.478 e. The van der Waals surface area contributed by atoms with Crippen molar-refractivity contribution < 1.29 is 4.74 Å². The molecule has 0 aliphatic carbocycles. The smallest absolute Gasteiger partial charge is 0.198 e. The van der Waals surface area contributed by atoms with Gasteiger partial charge in [-0.25, -0.2) is 11.1 Å². The van der Waals surface area contributed by atoms with E-state index in [1.807, 2.05) is 6.07 Å². The van der Waals surface area contributed by atoms with Crippen LogP contribution in [0.2, 0.25) is 0 Å². The first-order valence-electron chi connectivity index (χ1n) is 11.9. The first-order valence-corrected chi connectivity index (χ1v) is 13.2. The van der Waals surface area contributed by atoms with Crippen LogP contribution in [0.4, 0.5) is 0 Å². The quantitative estimate of drug-likeness (QED) is 0.283. The highest BCUT2D eigenvalue weighted by Gasteiger charge is 2.20. The second kappa shape index (κ2) is 10.9. The second-order valence-corrected chi connectivity index (χ2v) is 10.8. The van der Waals surface area contributed by atoms with Gasteiger partial charge in [0.2, 0.25) is 0 Å². The van der Waals surface area contributed by atoms with Gasteiger partial charge in [-0.3, -0.25) is 0 Å². The fraction of sp³-hybridized carbons (Fsp3) is 0.200. The Balaban J connectivity index is 1.30. The Bertz CT molecular complexity index is 1160. The molecule has 1 heterocycles. The van der Waals surface area contributed by atoms with Crippen molar-refractivity contribution in [2.24, 2.45) is 4.99 Å². The standard InChI is InChI=1S/C30H30N2OP/c1-23(31-21-30-32-25(22-33-30)20-24-12-5-2-6-13-24)28-18-11-19-29(28)34(26-14-7-3-8-15-26)27-16-9-4-10-17-27/h2-19,23,25,31H,20-22H2,1H3/q-1/t23-,25-/m0/s1. The van der Waals surface area contributed by atoms with Crippen molar-refractivity contribution in [2.75, 3.05) is 13.2 Å². The molecule has 0 radical (unpaired) electrons. The summed E-state index contributed by atoms with van der Waals surface area (Å²) in [4.78, 5) is 4.83. The predicted octanol–water partition coefficient (Wildman–Crippen LogP) is 4.85. The van der Waals surface area contributed by atoms with Gasteiger partial charge >= 0.3 is 0 Å². The Morgan fingerprint density at radius 2 is 1.53 bits per heavy atom. The van der Waals surface area contributed by atoms with E-state index in [9.17, 15) is 0 Å². The summed E-state index contributed by atoms with van der Waals surface area (Å²) in [5, 5.41) is 7.81. The summed E-state index contributed by atoms with van der Waals surface area (Å²) in [5.74, 6) is 0.814. The Morgan fingerprint density at radius 1 is 0.912 bits per heavy atom. The molecule has 5 rings (SSSR count). The number of hydrogen-bond acceptors (Lipinski definition) is 3. The third-order valence-electron chi connectivity index (χ3n) is 6.20. The third kappa shape index (κ3) is 5.33. The van der Waals surface area contributed by atoms with E-state index in [1.165, 1.54) is 27.0 Å². The maximum Gasteiger partial charge on any atom is 0.198 e. The van der Waals surface area contributed by atoms with Crippen LogP contribution in [0.25, 0.3) is 0 Å². The summed E-state index contributed by atoms with van der Waals surface area (Å²) in [6.45, 7) is 3.54. The molecule has 1 aliphatic heterocycles. The summed E-state index contributed by atoms with van der Waals surface area (Å²) < 4.78 is 5.91. The highest BCUT2D eigenvalue weighted by molar-refractivity contribution is 7.79. The number of nitrogens with zero attached hydrogens (tertiary/aromatic N) is 1. The average molecular weight is 466 g/mol. The lowest BCUT2D eigenvalue weighted by atomic mass is 10.1. The van der Waals surface area contributed by atoms with E-state index in [-0.39, 0.29) is 12.1 Å². The van der Waals surface area contributed by atoms with Gasteiger partial charge in [-0.15, -0.1) is 5.30 Å². The third-order valence-corrected chi connectivity index (χ3v) is 8.72. The number of ether oxygens (including phenoxy) is 1. The van der Waals surface area contributed by atoms with Crippen molar-refractivity contribution in [3.8, 4) is 0 Å². The minimum absolute atomic E-state index is 0.196. The van der Waals surface area contributed by atoms with Crippen molar-refractivity contribution in [1.82, 2.24) is 5.32 Å². The molecule has 172 valence electrons. The zero-order valence-corrected chi connectivity index (χ0v) is 20.4. The lowest BCUT2D eigenvalue weighted by molar-refractivity contribution is 0.308. The van der Waals surface area contributed by atoms with Gasteiger partial charge in [0.15, 0.2) is 5.90 Å². The number of nitrogens with one attached hydrogen (secondary N) is 1. The summed E-state index contributed by atoms with van der Waals surface area (Å²) in [6, 6.07) is 39.4.